The van der Waals surface area contributed by atoms with Gasteiger partial charge in [0.05, 0.1) is 19.1 Å². The number of anilines is 1. The van der Waals surface area contributed by atoms with Crippen LogP contribution in [0, 0.1) is 0 Å². The highest BCUT2D eigenvalue weighted by Gasteiger charge is 1.97. The van der Waals surface area contributed by atoms with Crippen LogP contribution in [0.15, 0.2) is 42.9 Å². The maximum Gasteiger partial charge on any atom is 0.123 e. The first-order valence-electron chi connectivity index (χ1n) is 4.16. The lowest BCUT2D eigenvalue weighted by atomic mass is 10.2. The summed E-state index contributed by atoms with van der Waals surface area (Å²) in [5.41, 5.74) is 6.92. The van der Waals surface area contributed by atoms with E-state index in [0.717, 1.165) is 6.54 Å². The minimum absolute atomic E-state index is 0.698. The highest BCUT2D eigenvalue weighted by Crippen LogP contribution is 2.06. The lowest BCUT2D eigenvalue weighted by molar-refractivity contribution is 0.808. The first-order valence-corrected chi connectivity index (χ1v) is 4.16. The largest absolute Gasteiger partial charge is 0.384 e. The second kappa shape index (κ2) is 3.31. The van der Waals surface area contributed by atoms with E-state index in [0.29, 0.717) is 5.82 Å². The molecule has 0 saturated heterocycles. The van der Waals surface area contributed by atoms with Gasteiger partial charge in [-0.25, -0.2) is 4.98 Å². The molecule has 0 aliphatic heterocycles. The van der Waals surface area contributed by atoms with Crippen LogP contribution in [-0.4, -0.2) is 9.55 Å². The fraction of sp³-hybridized carbons (Fsp3) is 0.100. The van der Waals surface area contributed by atoms with Crippen LogP contribution >= 0.6 is 0 Å². The molecule has 0 saturated carbocycles. The number of benzene rings is 1. The van der Waals surface area contributed by atoms with E-state index in [2.05, 4.69) is 17.1 Å². The molecule has 1 aromatic heterocycles. The van der Waals surface area contributed by atoms with E-state index in [-0.39, 0.29) is 0 Å². The molecule has 13 heavy (non-hydrogen) atoms. The molecule has 2 aromatic rings. The van der Waals surface area contributed by atoms with E-state index >= 15 is 0 Å². The van der Waals surface area contributed by atoms with Gasteiger partial charge >= 0.3 is 0 Å². The van der Waals surface area contributed by atoms with E-state index < -0.39 is 0 Å². The van der Waals surface area contributed by atoms with Crippen molar-refractivity contribution in [2.75, 3.05) is 5.73 Å². The van der Waals surface area contributed by atoms with Crippen molar-refractivity contribution in [3.63, 3.8) is 0 Å². The number of nitrogen functional groups attached to an aromatic ring is 1. The molecule has 3 heteroatoms. The number of imidazole rings is 1. The zero-order valence-electron chi connectivity index (χ0n) is 7.22. The number of aromatic nitrogens is 2. The lowest BCUT2D eigenvalue weighted by Crippen LogP contribution is -2.02. The van der Waals surface area contributed by atoms with Gasteiger partial charge in [-0.05, 0) is 5.56 Å². The number of hydrogen-bond donors (Lipinski definition) is 1. The topological polar surface area (TPSA) is 43.8 Å². The first-order chi connectivity index (χ1) is 6.36. The van der Waals surface area contributed by atoms with E-state index in [1.54, 1.807) is 12.5 Å². The van der Waals surface area contributed by atoms with Gasteiger partial charge in [-0.3, -0.25) is 0 Å². The molecule has 66 valence electrons. The van der Waals surface area contributed by atoms with Crippen LogP contribution in [0.4, 0.5) is 5.82 Å². The molecule has 1 heterocycles. The van der Waals surface area contributed by atoms with Gasteiger partial charge in [0.15, 0.2) is 0 Å². The third kappa shape index (κ3) is 1.69. The van der Waals surface area contributed by atoms with E-state index in [4.69, 9.17) is 5.73 Å². The summed E-state index contributed by atoms with van der Waals surface area (Å²) in [6, 6.07) is 10.2. The molecule has 0 aliphatic rings. The highest BCUT2D eigenvalue weighted by atomic mass is 15.1. The molecule has 1 aromatic carbocycles. The Morgan fingerprint density at radius 1 is 1.23 bits per heavy atom. The summed E-state index contributed by atoms with van der Waals surface area (Å²) in [4.78, 5) is 3.96. The smallest absolute Gasteiger partial charge is 0.123 e. The van der Waals surface area contributed by atoms with Crippen LogP contribution in [0.1, 0.15) is 5.56 Å². The van der Waals surface area contributed by atoms with Crippen molar-refractivity contribution < 1.29 is 0 Å². The van der Waals surface area contributed by atoms with Crippen LogP contribution in [0.25, 0.3) is 0 Å². The molecule has 0 bridgehead atoms. The monoisotopic (exact) mass is 173 g/mol. The van der Waals surface area contributed by atoms with Crippen LogP contribution in [-0.2, 0) is 6.54 Å². The Morgan fingerprint density at radius 3 is 2.62 bits per heavy atom. The van der Waals surface area contributed by atoms with E-state index in [1.165, 1.54) is 5.56 Å². The molecule has 0 unspecified atom stereocenters. The van der Waals surface area contributed by atoms with E-state index in [1.807, 2.05) is 22.8 Å². The number of hydrogen-bond acceptors (Lipinski definition) is 2. The molecule has 0 atom stereocenters. The molecule has 0 spiro atoms. The zero-order valence-corrected chi connectivity index (χ0v) is 7.22. The van der Waals surface area contributed by atoms with Crippen molar-refractivity contribution in [3.05, 3.63) is 48.4 Å². The van der Waals surface area contributed by atoms with Gasteiger partial charge in [0, 0.05) is 0 Å². The van der Waals surface area contributed by atoms with Gasteiger partial charge in [-0.1, -0.05) is 30.3 Å². The normalized spacial score (nSPS) is 10.2. The van der Waals surface area contributed by atoms with Crippen molar-refractivity contribution >= 4 is 5.82 Å². The predicted molar refractivity (Wildman–Crippen MR) is 52.2 cm³/mol. The Hall–Kier alpha value is -1.77. The third-order valence-electron chi connectivity index (χ3n) is 1.94. The molecule has 3 nitrogen and oxygen atoms in total. The maximum atomic E-state index is 5.69. The zero-order chi connectivity index (χ0) is 9.10. The highest BCUT2D eigenvalue weighted by molar-refractivity contribution is 5.27. The van der Waals surface area contributed by atoms with Gasteiger partial charge in [0.2, 0.25) is 0 Å². The average molecular weight is 173 g/mol. The summed E-state index contributed by atoms with van der Waals surface area (Å²) in [6.07, 6.45) is 3.39. The van der Waals surface area contributed by atoms with Gasteiger partial charge in [0.1, 0.15) is 5.82 Å². The molecule has 0 radical (unpaired) electrons. The maximum absolute atomic E-state index is 5.69. The summed E-state index contributed by atoms with van der Waals surface area (Å²) in [6.45, 7) is 0.784. The fourth-order valence-electron chi connectivity index (χ4n) is 1.24. The molecule has 2 rings (SSSR count). The van der Waals surface area contributed by atoms with Gasteiger partial charge in [-0.15, -0.1) is 0 Å². The lowest BCUT2D eigenvalue weighted by Gasteiger charge is -2.03. The Bertz CT molecular complexity index is 378. The molecule has 0 aliphatic carbocycles. The fourth-order valence-corrected chi connectivity index (χ4v) is 1.24. The average Bonchev–Trinajstić information content (AvgIpc) is 2.54. The minimum atomic E-state index is 0.698. The van der Waals surface area contributed by atoms with Crippen LogP contribution in [0.5, 0.6) is 0 Å². The summed E-state index contributed by atoms with van der Waals surface area (Å²) < 4.78 is 1.91. The molecule has 0 fully saturated rings. The van der Waals surface area contributed by atoms with Gasteiger partial charge in [-0.2, -0.15) is 0 Å². The van der Waals surface area contributed by atoms with Crippen molar-refractivity contribution in [2.45, 2.75) is 6.54 Å². The Kier molecular flexibility index (Phi) is 2.00. The van der Waals surface area contributed by atoms with E-state index in [9.17, 15) is 0 Å². The Balaban J connectivity index is 2.20. The van der Waals surface area contributed by atoms with Crippen LogP contribution < -0.4 is 5.73 Å². The third-order valence-corrected chi connectivity index (χ3v) is 1.94. The SMILES string of the molecule is Nc1cncn1Cc1ccccc1. The quantitative estimate of drug-likeness (QED) is 0.748. The number of nitrogens with zero attached hydrogens (tertiary/aromatic N) is 2. The van der Waals surface area contributed by atoms with Crippen molar-refractivity contribution in [1.82, 2.24) is 9.55 Å². The Morgan fingerprint density at radius 2 is 2.00 bits per heavy atom. The van der Waals surface area contributed by atoms with Crippen LogP contribution in [0.3, 0.4) is 0 Å². The molecular formula is C10H11N3. The summed E-state index contributed by atoms with van der Waals surface area (Å²) in [7, 11) is 0. The summed E-state index contributed by atoms with van der Waals surface area (Å²) >= 11 is 0. The minimum Gasteiger partial charge on any atom is -0.384 e. The number of rotatable bonds is 2. The first kappa shape index (κ1) is 7.86. The van der Waals surface area contributed by atoms with Crippen LogP contribution in [0.2, 0.25) is 0 Å². The second-order valence-corrected chi connectivity index (χ2v) is 2.93. The molecule has 2 N–H and O–H groups in total. The predicted octanol–water partition coefficient (Wildman–Crippen LogP) is 1.51. The summed E-state index contributed by atoms with van der Waals surface area (Å²) in [5, 5.41) is 0. The van der Waals surface area contributed by atoms with Gasteiger partial charge < -0.3 is 10.3 Å². The van der Waals surface area contributed by atoms with Gasteiger partial charge in [0.25, 0.3) is 0 Å². The summed E-state index contributed by atoms with van der Waals surface area (Å²) in [5.74, 6) is 0.698. The second-order valence-electron chi connectivity index (χ2n) is 2.93. The van der Waals surface area contributed by atoms with Crippen molar-refractivity contribution in [2.24, 2.45) is 0 Å². The van der Waals surface area contributed by atoms with Crippen molar-refractivity contribution in [3.8, 4) is 0 Å². The number of nitrogens with two attached hydrogens (primary N) is 1. The standard InChI is InChI=1S/C10H11N3/c11-10-6-12-8-13(10)7-9-4-2-1-3-5-9/h1-6,8H,7,11H2. The molecular weight excluding hydrogens is 162 g/mol. The molecule has 0 amide bonds. The Labute approximate surface area is 76.8 Å². The van der Waals surface area contributed by atoms with Crippen molar-refractivity contribution in [1.29, 1.82) is 0 Å².